The first-order valence-electron chi connectivity index (χ1n) is 9.83. The Balaban J connectivity index is 1.64. The molecule has 1 N–H and O–H groups in total. The summed E-state index contributed by atoms with van der Waals surface area (Å²) in [6.07, 6.45) is -0.553. The van der Waals surface area contributed by atoms with Crippen LogP contribution in [0.2, 0.25) is 0 Å². The van der Waals surface area contributed by atoms with Gasteiger partial charge in [0.05, 0.1) is 23.7 Å². The molecule has 2 aromatic carbocycles. The topological polar surface area (TPSA) is 78.1 Å². The summed E-state index contributed by atoms with van der Waals surface area (Å²) < 4.78 is 22.8. The molecule has 2 heterocycles. The van der Waals surface area contributed by atoms with E-state index in [0.29, 0.717) is 16.9 Å². The minimum Gasteiger partial charge on any atom is -0.464 e. The minimum atomic E-state index is -0.835. The van der Waals surface area contributed by atoms with Gasteiger partial charge in [-0.2, -0.15) is 0 Å². The molecule has 0 spiro atoms. The highest BCUT2D eigenvalue weighted by molar-refractivity contribution is 5.87. The number of hydrogen-bond donors (Lipinski definition) is 1. The zero-order valence-corrected chi connectivity index (χ0v) is 17.4. The number of hydrogen-bond acceptors (Lipinski definition) is 6. The minimum absolute atomic E-state index is 0.400. The summed E-state index contributed by atoms with van der Waals surface area (Å²) >= 11 is 0. The zero-order chi connectivity index (χ0) is 21.5. The monoisotopic (exact) mass is 409 g/mol. The smallest absolute Gasteiger partial charge is 0.344 e. The molecule has 3 aromatic rings. The fraction of sp³-hybridized carbons (Fsp3) is 0.333. The van der Waals surface area contributed by atoms with Crippen molar-refractivity contribution in [2.75, 3.05) is 7.11 Å². The molecule has 3 atom stereocenters. The molecule has 0 aliphatic carbocycles. The van der Waals surface area contributed by atoms with Crippen LogP contribution < -0.4 is 10.4 Å². The van der Waals surface area contributed by atoms with Gasteiger partial charge in [0, 0.05) is 18.6 Å². The highest BCUT2D eigenvalue weighted by atomic mass is 16.7. The third kappa shape index (κ3) is 3.74. The lowest BCUT2D eigenvalue weighted by atomic mass is 9.91. The molecule has 1 fully saturated rings. The summed E-state index contributed by atoms with van der Waals surface area (Å²) in [4.78, 5) is 12.7. The van der Waals surface area contributed by atoms with E-state index in [-0.39, 0.29) is 0 Å². The van der Waals surface area contributed by atoms with Crippen LogP contribution in [-0.2, 0) is 9.47 Å². The molecule has 6 heteroatoms. The summed E-state index contributed by atoms with van der Waals surface area (Å²) in [5, 5.41) is 11.2. The molecule has 1 aromatic heterocycles. The maximum absolute atomic E-state index is 12.7. The van der Waals surface area contributed by atoms with E-state index in [1.165, 1.54) is 7.11 Å². The average Bonchev–Trinajstić information content (AvgIpc) is 2.67. The van der Waals surface area contributed by atoms with Gasteiger partial charge in [0.25, 0.3) is 0 Å². The molecule has 0 unspecified atom stereocenters. The van der Waals surface area contributed by atoms with Crippen molar-refractivity contribution in [2.45, 2.75) is 44.9 Å². The van der Waals surface area contributed by atoms with Gasteiger partial charge in [-0.1, -0.05) is 30.3 Å². The van der Waals surface area contributed by atoms with Gasteiger partial charge >= 0.3 is 5.63 Å². The van der Waals surface area contributed by atoms with Gasteiger partial charge in [0.15, 0.2) is 0 Å². The standard InChI is InChI=1S/C24H25O6/c1-14-17-11-10-16(28-20-13-18(25)22(27-4)24(2,3)30-20)12-19(17)29-23(26)21(14)15-8-6-5-7-9-15/h5-13,18,20,22,25H,1-4H3/t18-,20-,22-/m1/s1. The molecule has 157 valence electrons. The third-order valence-electron chi connectivity index (χ3n) is 5.48. The zero-order valence-electron chi connectivity index (χ0n) is 17.4. The van der Waals surface area contributed by atoms with Crippen molar-refractivity contribution >= 4 is 11.0 Å². The van der Waals surface area contributed by atoms with Crippen LogP contribution in [0, 0.1) is 13.3 Å². The van der Waals surface area contributed by atoms with Gasteiger partial charge in [-0.15, -0.1) is 0 Å². The number of ether oxygens (including phenoxy) is 3. The normalized spacial score (nSPS) is 23.4. The van der Waals surface area contributed by atoms with Gasteiger partial charge in [-0.05, 0) is 44.0 Å². The summed E-state index contributed by atoms with van der Waals surface area (Å²) in [5.41, 5.74) is 1.51. The lowest BCUT2D eigenvalue weighted by Gasteiger charge is -2.43. The van der Waals surface area contributed by atoms with Crippen LogP contribution in [0.1, 0.15) is 19.4 Å². The Morgan fingerprint density at radius 2 is 1.83 bits per heavy atom. The van der Waals surface area contributed by atoms with Crippen LogP contribution in [0.3, 0.4) is 0 Å². The number of aliphatic hydroxyl groups is 1. The van der Waals surface area contributed by atoms with Crippen molar-refractivity contribution in [1.29, 1.82) is 0 Å². The molecule has 30 heavy (non-hydrogen) atoms. The molecule has 1 radical (unpaired) electrons. The van der Waals surface area contributed by atoms with Gasteiger partial charge in [-0.25, -0.2) is 4.79 Å². The van der Waals surface area contributed by atoms with E-state index < -0.39 is 29.7 Å². The van der Waals surface area contributed by atoms with Crippen molar-refractivity contribution in [2.24, 2.45) is 0 Å². The predicted octanol–water partition coefficient (Wildman–Crippen LogP) is 3.86. The molecule has 1 saturated heterocycles. The summed E-state index contributed by atoms with van der Waals surface area (Å²) in [7, 11) is 1.53. The van der Waals surface area contributed by atoms with Crippen molar-refractivity contribution in [3.8, 4) is 16.9 Å². The molecular weight excluding hydrogens is 384 g/mol. The van der Waals surface area contributed by atoms with Crippen LogP contribution in [-0.4, -0.2) is 36.3 Å². The maximum Gasteiger partial charge on any atom is 0.344 e. The number of fused-ring (bicyclic) bond motifs is 1. The number of aliphatic hydroxyl groups excluding tert-OH is 1. The predicted molar refractivity (Wildman–Crippen MR) is 113 cm³/mol. The number of benzene rings is 2. The second kappa shape index (κ2) is 7.87. The van der Waals surface area contributed by atoms with E-state index in [9.17, 15) is 9.90 Å². The van der Waals surface area contributed by atoms with E-state index in [2.05, 4.69) is 0 Å². The Morgan fingerprint density at radius 3 is 2.50 bits per heavy atom. The first kappa shape index (κ1) is 20.6. The molecule has 0 bridgehead atoms. The Kier molecular flexibility index (Phi) is 5.40. The number of rotatable bonds is 4. The van der Waals surface area contributed by atoms with Crippen LogP contribution in [0.25, 0.3) is 22.1 Å². The fourth-order valence-corrected chi connectivity index (χ4v) is 4.05. The Hall–Kier alpha value is -2.67. The van der Waals surface area contributed by atoms with Gasteiger partial charge in [0.1, 0.15) is 17.4 Å². The first-order valence-corrected chi connectivity index (χ1v) is 9.83. The van der Waals surface area contributed by atoms with Crippen molar-refractivity contribution in [1.82, 2.24) is 0 Å². The van der Waals surface area contributed by atoms with Crippen molar-refractivity contribution in [3.05, 3.63) is 70.9 Å². The molecule has 0 amide bonds. The van der Waals surface area contributed by atoms with E-state index in [0.717, 1.165) is 16.5 Å². The second-order valence-electron chi connectivity index (χ2n) is 7.96. The second-order valence-corrected chi connectivity index (χ2v) is 7.96. The van der Waals surface area contributed by atoms with Crippen LogP contribution in [0.5, 0.6) is 5.75 Å². The van der Waals surface area contributed by atoms with E-state index in [4.69, 9.17) is 18.6 Å². The molecule has 1 aliphatic rings. The summed E-state index contributed by atoms with van der Waals surface area (Å²) in [6, 6.07) is 14.8. The van der Waals surface area contributed by atoms with E-state index in [1.54, 1.807) is 18.6 Å². The quantitative estimate of drug-likeness (QED) is 0.660. The molecule has 0 saturated carbocycles. The van der Waals surface area contributed by atoms with Crippen molar-refractivity contribution < 1.29 is 23.7 Å². The van der Waals surface area contributed by atoms with E-state index in [1.807, 2.05) is 57.2 Å². The first-order chi connectivity index (χ1) is 14.3. The lowest BCUT2D eigenvalue weighted by molar-refractivity contribution is -0.239. The molecule has 1 aliphatic heterocycles. The molecular formula is C24H25O6. The molecule has 6 nitrogen and oxygen atoms in total. The highest BCUT2D eigenvalue weighted by Gasteiger charge is 2.45. The Bertz CT molecular complexity index is 1100. The van der Waals surface area contributed by atoms with Gasteiger partial charge < -0.3 is 23.7 Å². The van der Waals surface area contributed by atoms with Gasteiger partial charge in [-0.3, -0.25) is 0 Å². The SMILES string of the molecule is CO[C@@H]1[C@H](O)[CH][C@H](Oc2ccc3c(C)c(-c4ccccc4)c(=O)oc3c2)OC1(C)C. The average molecular weight is 409 g/mol. The Labute approximate surface area is 175 Å². The van der Waals surface area contributed by atoms with Gasteiger partial charge in [0.2, 0.25) is 6.29 Å². The van der Waals surface area contributed by atoms with Crippen LogP contribution >= 0.6 is 0 Å². The fourth-order valence-electron chi connectivity index (χ4n) is 4.05. The largest absolute Gasteiger partial charge is 0.464 e. The Morgan fingerprint density at radius 1 is 1.10 bits per heavy atom. The lowest BCUT2D eigenvalue weighted by Crippen LogP contribution is -2.56. The number of aryl methyl sites for hydroxylation is 1. The number of methoxy groups -OCH3 is 1. The third-order valence-corrected chi connectivity index (χ3v) is 5.48. The van der Waals surface area contributed by atoms with E-state index >= 15 is 0 Å². The van der Waals surface area contributed by atoms with Crippen molar-refractivity contribution in [3.63, 3.8) is 0 Å². The summed E-state index contributed by atoms with van der Waals surface area (Å²) in [5.74, 6) is 0.470. The highest BCUT2D eigenvalue weighted by Crippen LogP contribution is 2.33. The van der Waals surface area contributed by atoms with Crippen LogP contribution in [0.4, 0.5) is 0 Å². The van der Waals surface area contributed by atoms with Crippen LogP contribution in [0.15, 0.2) is 57.7 Å². The summed E-state index contributed by atoms with van der Waals surface area (Å²) in [6.45, 7) is 5.58. The maximum atomic E-state index is 12.7. The molecule has 4 rings (SSSR count).